The Hall–Kier alpha value is -2.80. The molecular formula is C22H25N3O3S. The number of hydrogen-bond donors (Lipinski definition) is 1. The molecule has 0 saturated carbocycles. The molecule has 4 rings (SSSR count). The van der Waals surface area contributed by atoms with E-state index in [1.54, 1.807) is 0 Å². The van der Waals surface area contributed by atoms with Crippen molar-refractivity contribution in [3.63, 3.8) is 0 Å². The fourth-order valence-corrected chi connectivity index (χ4v) is 4.02. The first-order valence-corrected chi connectivity index (χ1v) is 10.2. The molecule has 2 aromatic rings. The zero-order valence-corrected chi connectivity index (χ0v) is 17.5. The molecule has 0 radical (unpaired) electrons. The maximum Gasteiger partial charge on any atom is 0.267 e. The first-order valence-electron chi connectivity index (χ1n) is 9.81. The number of nitrogens with zero attached hydrogens (tertiary/aromatic N) is 2. The van der Waals surface area contributed by atoms with E-state index in [2.05, 4.69) is 42.3 Å². The van der Waals surface area contributed by atoms with E-state index in [4.69, 9.17) is 21.7 Å². The highest BCUT2D eigenvalue weighted by Gasteiger charge is 2.33. The number of thiocarbonyl (C=S) groups is 1. The normalized spacial score (nSPS) is 18.3. The van der Waals surface area contributed by atoms with E-state index < -0.39 is 6.10 Å². The second kappa shape index (κ2) is 8.29. The Kier molecular flexibility index (Phi) is 5.58. The Morgan fingerprint density at radius 3 is 2.31 bits per heavy atom. The van der Waals surface area contributed by atoms with Crippen molar-refractivity contribution in [1.29, 1.82) is 0 Å². The van der Waals surface area contributed by atoms with Crippen molar-refractivity contribution < 1.29 is 14.3 Å². The molecule has 0 aromatic heterocycles. The Balaban J connectivity index is 1.31. The minimum Gasteiger partial charge on any atom is -0.485 e. The fourth-order valence-electron chi connectivity index (χ4n) is 3.72. The van der Waals surface area contributed by atoms with Crippen LogP contribution in [0.3, 0.4) is 0 Å². The van der Waals surface area contributed by atoms with Crippen LogP contribution in [-0.2, 0) is 4.79 Å². The van der Waals surface area contributed by atoms with E-state index in [1.807, 2.05) is 29.2 Å². The number of anilines is 1. The largest absolute Gasteiger partial charge is 0.485 e. The van der Waals surface area contributed by atoms with Gasteiger partial charge in [0.05, 0.1) is 0 Å². The smallest absolute Gasteiger partial charge is 0.267 e. The van der Waals surface area contributed by atoms with Crippen LogP contribution in [0.15, 0.2) is 42.5 Å². The topological polar surface area (TPSA) is 54.0 Å². The number of aryl methyl sites for hydroxylation is 2. The predicted octanol–water partition coefficient (Wildman–Crippen LogP) is 2.98. The lowest BCUT2D eigenvalue weighted by Crippen LogP contribution is -2.55. The number of fused-ring (bicyclic) bond motifs is 1. The molecule has 1 amide bonds. The van der Waals surface area contributed by atoms with Crippen LogP contribution in [0.5, 0.6) is 11.5 Å². The molecule has 29 heavy (non-hydrogen) atoms. The third-order valence-corrected chi connectivity index (χ3v) is 5.50. The van der Waals surface area contributed by atoms with E-state index in [1.165, 1.54) is 11.1 Å². The summed E-state index contributed by atoms with van der Waals surface area (Å²) in [5.41, 5.74) is 3.39. The summed E-state index contributed by atoms with van der Waals surface area (Å²) in [5.74, 6) is 1.27. The number of carbonyl (C=O) groups is 1. The molecule has 2 aliphatic rings. The number of carbonyl (C=O) groups excluding carboxylic acids is 1. The molecule has 1 saturated heterocycles. The van der Waals surface area contributed by atoms with Crippen molar-refractivity contribution in [1.82, 2.24) is 9.80 Å². The highest BCUT2D eigenvalue weighted by Crippen LogP contribution is 2.31. The maximum absolute atomic E-state index is 12.9. The van der Waals surface area contributed by atoms with E-state index in [9.17, 15) is 4.79 Å². The third-order valence-electron chi connectivity index (χ3n) is 5.14. The van der Waals surface area contributed by atoms with Gasteiger partial charge in [-0.05, 0) is 61.5 Å². The number of para-hydroxylation sites is 2. The van der Waals surface area contributed by atoms with Gasteiger partial charge in [-0.2, -0.15) is 0 Å². The van der Waals surface area contributed by atoms with E-state index in [0.717, 1.165) is 5.69 Å². The number of rotatable bonds is 2. The summed E-state index contributed by atoms with van der Waals surface area (Å²) in [6.07, 6.45) is -0.600. The summed E-state index contributed by atoms with van der Waals surface area (Å²) in [7, 11) is 0. The van der Waals surface area contributed by atoms with Crippen LogP contribution in [0.1, 0.15) is 11.1 Å². The molecule has 2 heterocycles. The summed E-state index contributed by atoms with van der Waals surface area (Å²) < 4.78 is 11.5. The van der Waals surface area contributed by atoms with Gasteiger partial charge in [0.25, 0.3) is 5.91 Å². The van der Waals surface area contributed by atoms with E-state index in [-0.39, 0.29) is 12.5 Å². The number of piperazine rings is 1. The van der Waals surface area contributed by atoms with Crippen molar-refractivity contribution in [3.8, 4) is 11.5 Å². The van der Waals surface area contributed by atoms with E-state index >= 15 is 0 Å². The quantitative estimate of drug-likeness (QED) is 0.767. The molecule has 0 aliphatic carbocycles. The highest BCUT2D eigenvalue weighted by atomic mass is 32.1. The molecule has 1 atom stereocenters. The van der Waals surface area contributed by atoms with Crippen molar-refractivity contribution in [3.05, 3.63) is 53.6 Å². The van der Waals surface area contributed by atoms with Crippen molar-refractivity contribution >= 4 is 28.9 Å². The average molecular weight is 412 g/mol. The summed E-state index contributed by atoms with van der Waals surface area (Å²) >= 11 is 5.58. The summed E-state index contributed by atoms with van der Waals surface area (Å²) in [4.78, 5) is 16.8. The van der Waals surface area contributed by atoms with Gasteiger partial charge >= 0.3 is 0 Å². The van der Waals surface area contributed by atoms with Gasteiger partial charge in [-0.3, -0.25) is 4.79 Å². The second-order valence-corrected chi connectivity index (χ2v) is 7.87. The van der Waals surface area contributed by atoms with Crippen LogP contribution in [0.2, 0.25) is 0 Å². The van der Waals surface area contributed by atoms with Gasteiger partial charge < -0.3 is 24.6 Å². The minimum atomic E-state index is -0.600. The number of hydrogen-bond acceptors (Lipinski definition) is 4. The second-order valence-electron chi connectivity index (χ2n) is 7.48. The van der Waals surface area contributed by atoms with Crippen LogP contribution in [0.4, 0.5) is 5.69 Å². The third kappa shape index (κ3) is 4.45. The lowest BCUT2D eigenvalue weighted by molar-refractivity contribution is -0.142. The summed E-state index contributed by atoms with van der Waals surface area (Å²) in [6.45, 7) is 6.97. The lowest BCUT2D eigenvalue weighted by atomic mass is 10.1. The first-order chi connectivity index (χ1) is 14.0. The fraction of sp³-hybridized carbons (Fsp3) is 0.364. The average Bonchev–Trinajstić information content (AvgIpc) is 2.72. The monoisotopic (exact) mass is 411 g/mol. The highest BCUT2D eigenvalue weighted by molar-refractivity contribution is 7.80. The van der Waals surface area contributed by atoms with Gasteiger partial charge in [0.15, 0.2) is 16.6 Å². The molecule has 1 fully saturated rings. The van der Waals surface area contributed by atoms with Crippen LogP contribution in [-0.4, -0.2) is 59.7 Å². The maximum atomic E-state index is 12.9. The molecule has 1 unspecified atom stereocenters. The number of nitrogens with one attached hydrogen (secondary N) is 1. The summed E-state index contributed by atoms with van der Waals surface area (Å²) in [6, 6.07) is 13.7. The summed E-state index contributed by atoms with van der Waals surface area (Å²) in [5, 5.41) is 4.01. The number of ether oxygens (including phenoxy) is 2. The van der Waals surface area contributed by atoms with Gasteiger partial charge in [-0.1, -0.05) is 18.2 Å². The Bertz CT molecular complexity index is 905. The van der Waals surface area contributed by atoms with Gasteiger partial charge in [0.1, 0.15) is 6.61 Å². The molecule has 2 aliphatic heterocycles. The Morgan fingerprint density at radius 1 is 1.00 bits per heavy atom. The number of benzene rings is 2. The number of amides is 1. The van der Waals surface area contributed by atoms with E-state index in [0.29, 0.717) is 42.8 Å². The SMILES string of the molecule is Cc1cc(C)cc(NC(=S)N2CCN(C(=O)C3COc4ccccc4O3)CC2)c1. The molecule has 0 spiro atoms. The van der Waals surface area contributed by atoms with Gasteiger partial charge in [0, 0.05) is 31.9 Å². The molecule has 0 bridgehead atoms. The van der Waals surface area contributed by atoms with Crippen LogP contribution < -0.4 is 14.8 Å². The molecule has 1 N–H and O–H groups in total. The van der Waals surface area contributed by atoms with Crippen LogP contribution >= 0.6 is 12.2 Å². The van der Waals surface area contributed by atoms with Crippen LogP contribution in [0, 0.1) is 13.8 Å². The molecule has 7 heteroatoms. The zero-order chi connectivity index (χ0) is 20.4. The Morgan fingerprint density at radius 2 is 1.62 bits per heavy atom. The molecular weight excluding hydrogens is 386 g/mol. The molecule has 152 valence electrons. The van der Waals surface area contributed by atoms with Crippen molar-refractivity contribution in [2.24, 2.45) is 0 Å². The minimum absolute atomic E-state index is 0.0349. The zero-order valence-electron chi connectivity index (χ0n) is 16.7. The van der Waals surface area contributed by atoms with Crippen LogP contribution in [0.25, 0.3) is 0 Å². The first kappa shape index (κ1) is 19.5. The van der Waals surface area contributed by atoms with Gasteiger partial charge in [0.2, 0.25) is 6.10 Å². The predicted molar refractivity (Wildman–Crippen MR) is 117 cm³/mol. The Labute approximate surface area is 176 Å². The molecule has 2 aromatic carbocycles. The van der Waals surface area contributed by atoms with Gasteiger partial charge in [-0.15, -0.1) is 0 Å². The van der Waals surface area contributed by atoms with Crippen molar-refractivity contribution in [2.45, 2.75) is 20.0 Å². The lowest BCUT2D eigenvalue weighted by Gasteiger charge is -2.38. The van der Waals surface area contributed by atoms with Crippen molar-refractivity contribution in [2.75, 3.05) is 38.1 Å². The standard InChI is InChI=1S/C22H25N3O3S/c1-15-11-16(2)13-17(12-15)23-22(29)25-9-7-24(8-10-25)21(26)20-14-27-18-5-3-4-6-19(18)28-20/h3-6,11-13,20H,7-10,14H2,1-2H3,(H,23,29). The van der Waals surface area contributed by atoms with Gasteiger partial charge in [-0.25, -0.2) is 0 Å². The molecule has 6 nitrogen and oxygen atoms in total.